The lowest BCUT2D eigenvalue weighted by molar-refractivity contribution is 0.514. The fraction of sp³-hybridized carbons (Fsp3) is 0.0417. The third-order valence-corrected chi connectivity index (χ3v) is 4.69. The van der Waals surface area contributed by atoms with E-state index in [4.69, 9.17) is 6.42 Å². The number of aromatic nitrogens is 2. The van der Waals surface area contributed by atoms with E-state index in [1.54, 1.807) is 0 Å². The van der Waals surface area contributed by atoms with E-state index in [1.165, 1.54) is 0 Å². The second kappa shape index (κ2) is 6.74. The number of imidazole rings is 1. The molecule has 0 radical (unpaired) electrons. The van der Waals surface area contributed by atoms with Crippen LogP contribution in [0.4, 0.5) is 0 Å². The number of rotatable bonds is 4. The first-order chi connectivity index (χ1) is 12.9. The van der Waals surface area contributed by atoms with Crippen molar-refractivity contribution >= 4 is 0 Å². The van der Waals surface area contributed by atoms with Gasteiger partial charge in [0.25, 0.3) is 0 Å². The van der Waals surface area contributed by atoms with E-state index < -0.39 is 5.54 Å². The number of hydrogen-bond acceptors (Lipinski definition) is 1. The number of benzene rings is 3. The van der Waals surface area contributed by atoms with Gasteiger partial charge in [0, 0.05) is 6.20 Å². The van der Waals surface area contributed by atoms with Crippen molar-refractivity contribution in [2.45, 2.75) is 5.54 Å². The Bertz CT molecular complexity index is 929. The lowest BCUT2D eigenvalue weighted by Gasteiger charge is -2.37. The molecule has 124 valence electrons. The molecule has 0 saturated carbocycles. The first kappa shape index (κ1) is 15.9. The van der Waals surface area contributed by atoms with Gasteiger partial charge in [0.1, 0.15) is 11.2 Å². The first-order valence-electron chi connectivity index (χ1n) is 8.53. The van der Waals surface area contributed by atoms with Crippen LogP contribution in [0.5, 0.6) is 0 Å². The number of terminal acetylenes is 1. The Balaban J connectivity index is 2.12. The molecule has 0 aliphatic heterocycles. The van der Waals surface area contributed by atoms with E-state index in [1.807, 2.05) is 30.7 Å². The Morgan fingerprint density at radius 3 is 1.46 bits per heavy atom. The Morgan fingerprint density at radius 2 is 1.12 bits per heavy atom. The summed E-state index contributed by atoms with van der Waals surface area (Å²) in [6.45, 7) is 0. The van der Waals surface area contributed by atoms with Gasteiger partial charge in [-0.1, -0.05) is 91.0 Å². The molecule has 0 saturated heterocycles. The highest BCUT2D eigenvalue weighted by Crippen LogP contribution is 2.40. The SMILES string of the molecule is C#Cc1cn(C(c2ccccc2)(c2ccccc2)c2ccccc2)cn1. The predicted octanol–water partition coefficient (Wildman–Crippen LogP) is 4.70. The smallest absolute Gasteiger partial charge is 0.130 e. The zero-order chi connectivity index (χ0) is 17.8. The van der Waals surface area contributed by atoms with Crippen LogP contribution in [0.3, 0.4) is 0 Å². The fourth-order valence-corrected chi connectivity index (χ4v) is 3.57. The second-order valence-electron chi connectivity index (χ2n) is 6.12. The van der Waals surface area contributed by atoms with Crippen LogP contribution < -0.4 is 0 Å². The molecule has 4 rings (SSSR count). The molecule has 3 aromatic carbocycles. The summed E-state index contributed by atoms with van der Waals surface area (Å²) in [6, 6.07) is 31.4. The molecular weight excluding hydrogens is 316 g/mol. The summed E-state index contributed by atoms with van der Waals surface area (Å²) in [5.74, 6) is 2.64. The summed E-state index contributed by atoms with van der Waals surface area (Å²) in [6.07, 6.45) is 9.36. The molecule has 1 aromatic heterocycles. The zero-order valence-corrected chi connectivity index (χ0v) is 14.3. The Hall–Kier alpha value is -3.57. The van der Waals surface area contributed by atoms with Gasteiger partial charge < -0.3 is 4.57 Å². The summed E-state index contributed by atoms with van der Waals surface area (Å²) in [5.41, 5.74) is 3.53. The minimum Gasteiger partial charge on any atom is -0.318 e. The lowest BCUT2D eigenvalue weighted by Crippen LogP contribution is -2.36. The van der Waals surface area contributed by atoms with Gasteiger partial charge in [-0.2, -0.15) is 0 Å². The monoisotopic (exact) mass is 334 g/mol. The Kier molecular flexibility index (Phi) is 4.13. The van der Waals surface area contributed by atoms with Crippen LogP contribution in [0.25, 0.3) is 0 Å². The third kappa shape index (κ3) is 2.51. The maximum Gasteiger partial charge on any atom is 0.130 e. The lowest BCUT2D eigenvalue weighted by atomic mass is 9.77. The molecule has 0 unspecified atom stereocenters. The molecule has 26 heavy (non-hydrogen) atoms. The zero-order valence-electron chi connectivity index (χ0n) is 14.3. The van der Waals surface area contributed by atoms with Crippen LogP contribution in [0.1, 0.15) is 22.4 Å². The van der Waals surface area contributed by atoms with E-state index in [0.29, 0.717) is 5.69 Å². The van der Waals surface area contributed by atoms with Crippen molar-refractivity contribution in [2.75, 3.05) is 0 Å². The first-order valence-corrected chi connectivity index (χ1v) is 8.53. The summed E-state index contributed by atoms with van der Waals surface area (Å²) in [7, 11) is 0. The van der Waals surface area contributed by atoms with Crippen molar-refractivity contribution in [1.29, 1.82) is 0 Å². The molecule has 2 nitrogen and oxygen atoms in total. The van der Waals surface area contributed by atoms with Gasteiger partial charge in [-0.15, -0.1) is 6.42 Å². The largest absolute Gasteiger partial charge is 0.318 e. The summed E-state index contributed by atoms with van der Waals surface area (Å²) in [5, 5.41) is 0. The van der Waals surface area contributed by atoms with Gasteiger partial charge >= 0.3 is 0 Å². The summed E-state index contributed by atoms with van der Waals surface area (Å²) in [4.78, 5) is 4.40. The van der Waals surface area contributed by atoms with E-state index in [2.05, 4.69) is 88.3 Å². The van der Waals surface area contributed by atoms with Gasteiger partial charge in [-0.25, -0.2) is 4.98 Å². The van der Waals surface area contributed by atoms with Crippen LogP contribution in [-0.4, -0.2) is 9.55 Å². The highest BCUT2D eigenvalue weighted by Gasteiger charge is 2.38. The molecule has 4 aromatic rings. The average molecular weight is 334 g/mol. The molecule has 0 amide bonds. The molecule has 1 heterocycles. The van der Waals surface area contributed by atoms with E-state index in [0.717, 1.165) is 16.7 Å². The minimum absolute atomic E-state index is 0.550. The minimum atomic E-state index is -0.550. The molecule has 2 heteroatoms. The third-order valence-electron chi connectivity index (χ3n) is 4.69. The topological polar surface area (TPSA) is 17.8 Å². The van der Waals surface area contributed by atoms with Crippen LogP contribution >= 0.6 is 0 Å². The highest BCUT2D eigenvalue weighted by molar-refractivity contribution is 5.51. The maximum absolute atomic E-state index is 5.60. The maximum atomic E-state index is 5.60. The Labute approximate surface area is 153 Å². The molecule has 0 N–H and O–H groups in total. The van der Waals surface area contributed by atoms with Crippen LogP contribution in [0.15, 0.2) is 104 Å². The van der Waals surface area contributed by atoms with Gasteiger partial charge in [0.15, 0.2) is 0 Å². The van der Waals surface area contributed by atoms with E-state index in [9.17, 15) is 0 Å². The van der Waals surface area contributed by atoms with Crippen molar-refractivity contribution in [3.63, 3.8) is 0 Å². The van der Waals surface area contributed by atoms with Crippen molar-refractivity contribution in [3.05, 3.63) is 126 Å². The number of hydrogen-bond donors (Lipinski definition) is 0. The summed E-state index contributed by atoms with van der Waals surface area (Å²) < 4.78 is 2.11. The van der Waals surface area contributed by atoms with Gasteiger partial charge in [-0.05, 0) is 22.6 Å². The van der Waals surface area contributed by atoms with Gasteiger partial charge in [0.05, 0.1) is 6.33 Å². The molecule has 0 aliphatic carbocycles. The van der Waals surface area contributed by atoms with Crippen LogP contribution in [0.2, 0.25) is 0 Å². The fourth-order valence-electron chi connectivity index (χ4n) is 3.57. The van der Waals surface area contributed by atoms with Crippen molar-refractivity contribution < 1.29 is 0 Å². The molecule has 0 fully saturated rings. The number of nitrogens with zero attached hydrogens (tertiary/aromatic N) is 2. The molecule has 0 atom stereocenters. The quantitative estimate of drug-likeness (QED) is 0.390. The molecule has 0 bridgehead atoms. The molecule has 0 aliphatic rings. The highest BCUT2D eigenvalue weighted by atomic mass is 15.1. The normalized spacial score (nSPS) is 11.0. The molecular formula is C24H18N2. The summed E-state index contributed by atoms with van der Waals surface area (Å²) >= 11 is 0. The van der Waals surface area contributed by atoms with E-state index >= 15 is 0 Å². The standard InChI is InChI=1S/C24H18N2/c1-2-23-18-26(19-25-23)24(20-12-6-3-7-13-20,21-14-8-4-9-15-21)22-16-10-5-11-17-22/h1,3-19H. The van der Waals surface area contributed by atoms with Gasteiger partial charge in [0.2, 0.25) is 0 Å². The average Bonchev–Trinajstić information content (AvgIpc) is 3.21. The van der Waals surface area contributed by atoms with Crippen LogP contribution in [0, 0.1) is 12.3 Å². The Morgan fingerprint density at radius 1 is 0.692 bits per heavy atom. The molecule has 0 spiro atoms. The second-order valence-corrected chi connectivity index (χ2v) is 6.12. The van der Waals surface area contributed by atoms with Crippen molar-refractivity contribution in [1.82, 2.24) is 9.55 Å². The van der Waals surface area contributed by atoms with Crippen molar-refractivity contribution in [3.8, 4) is 12.3 Å². The van der Waals surface area contributed by atoms with Gasteiger partial charge in [-0.3, -0.25) is 0 Å². The van der Waals surface area contributed by atoms with Crippen LogP contribution in [-0.2, 0) is 5.54 Å². The van der Waals surface area contributed by atoms with E-state index in [-0.39, 0.29) is 0 Å². The van der Waals surface area contributed by atoms with Crippen molar-refractivity contribution in [2.24, 2.45) is 0 Å². The predicted molar refractivity (Wildman–Crippen MR) is 105 cm³/mol.